The number of methoxy groups -OCH3 is 1. The van der Waals surface area contributed by atoms with Gasteiger partial charge in [-0.05, 0) is 24.6 Å². The minimum Gasteiger partial charge on any atom is -0.496 e. The Bertz CT molecular complexity index is 625. The van der Waals surface area contributed by atoms with E-state index in [-0.39, 0.29) is 11.8 Å². The summed E-state index contributed by atoms with van der Waals surface area (Å²) in [6.45, 7) is 4.63. The van der Waals surface area contributed by atoms with Gasteiger partial charge in [0.05, 0.1) is 13.7 Å². The fourth-order valence-electron chi connectivity index (χ4n) is 2.73. The van der Waals surface area contributed by atoms with E-state index in [1.807, 2.05) is 66.4 Å². The Morgan fingerprint density at radius 1 is 1.09 bits per heavy atom. The fraction of sp³-hybridized carbons (Fsp3) is 0.350. The van der Waals surface area contributed by atoms with E-state index in [1.54, 1.807) is 7.11 Å². The van der Waals surface area contributed by atoms with Gasteiger partial charge in [-0.15, -0.1) is 0 Å². The van der Waals surface area contributed by atoms with Gasteiger partial charge in [-0.2, -0.15) is 0 Å². The van der Waals surface area contributed by atoms with E-state index >= 15 is 0 Å². The van der Waals surface area contributed by atoms with Gasteiger partial charge in [-0.25, -0.2) is 0 Å². The van der Waals surface area contributed by atoms with Gasteiger partial charge in [0, 0.05) is 17.2 Å². The van der Waals surface area contributed by atoms with E-state index in [2.05, 4.69) is 6.92 Å². The SMILES string of the molecule is CCCC(C)C(=O)N(Cc1ccccc1OC)c1ccccc1. The van der Waals surface area contributed by atoms with E-state index in [9.17, 15) is 4.79 Å². The Labute approximate surface area is 138 Å². The first-order valence-corrected chi connectivity index (χ1v) is 8.15. The van der Waals surface area contributed by atoms with Crippen LogP contribution in [-0.2, 0) is 11.3 Å². The second kappa shape index (κ2) is 8.37. The number of carbonyl (C=O) groups excluding carboxylic acids is 1. The molecule has 0 aromatic heterocycles. The molecule has 0 N–H and O–H groups in total. The lowest BCUT2D eigenvalue weighted by Crippen LogP contribution is -2.34. The topological polar surface area (TPSA) is 29.5 Å². The van der Waals surface area contributed by atoms with Crippen LogP contribution in [0.3, 0.4) is 0 Å². The first kappa shape index (κ1) is 17.1. The third-order valence-electron chi connectivity index (χ3n) is 4.00. The highest BCUT2D eigenvalue weighted by atomic mass is 16.5. The van der Waals surface area contributed by atoms with Gasteiger partial charge in [0.1, 0.15) is 5.75 Å². The smallest absolute Gasteiger partial charge is 0.230 e. The largest absolute Gasteiger partial charge is 0.496 e. The van der Waals surface area contributed by atoms with Crippen molar-refractivity contribution in [3.05, 3.63) is 60.2 Å². The van der Waals surface area contributed by atoms with Crippen LogP contribution in [0.4, 0.5) is 5.69 Å². The van der Waals surface area contributed by atoms with Crippen molar-refractivity contribution in [3.8, 4) is 5.75 Å². The summed E-state index contributed by atoms with van der Waals surface area (Å²) in [6, 6.07) is 17.7. The summed E-state index contributed by atoms with van der Waals surface area (Å²) < 4.78 is 5.43. The van der Waals surface area contributed by atoms with Crippen molar-refractivity contribution in [3.63, 3.8) is 0 Å². The van der Waals surface area contributed by atoms with Gasteiger partial charge in [-0.1, -0.05) is 56.7 Å². The molecule has 0 bridgehead atoms. The van der Waals surface area contributed by atoms with Crippen LogP contribution < -0.4 is 9.64 Å². The standard InChI is InChI=1S/C20H25NO2/c1-4-10-16(2)20(22)21(18-12-6-5-7-13-18)15-17-11-8-9-14-19(17)23-3/h5-9,11-14,16H,4,10,15H2,1-3H3. The van der Waals surface area contributed by atoms with Crippen molar-refractivity contribution in [1.82, 2.24) is 0 Å². The molecule has 2 rings (SSSR count). The number of ether oxygens (including phenoxy) is 1. The predicted octanol–water partition coefficient (Wildman–Crippen LogP) is 4.66. The average molecular weight is 311 g/mol. The molecule has 0 fully saturated rings. The van der Waals surface area contributed by atoms with E-state index in [4.69, 9.17) is 4.74 Å². The number of hydrogen-bond donors (Lipinski definition) is 0. The molecule has 3 heteroatoms. The Hall–Kier alpha value is -2.29. The van der Waals surface area contributed by atoms with Crippen LogP contribution in [0.5, 0.6) is 5.75 Å². The summed E-state index contributed by atoms with van der Waals surface area (Å²) >= 11 is 0. The second-order valence-corrected chi connectivity index (χ2v) is 5.76. The maximum atomic E-state index is 12.9. The first-order valence-electron chi connectivity index (χ1n) is 8.15. The fourth-order valence-corrected chi connectivity index (χ4v) is 2.73. The monoisotopic (exact) mass is 311 g/mol. The van der Waals surface area contributed by atoms with E-state index in [0.717, 1.165) is 29.8 Å². The van der Waals surface area contributed by atoms with Crippen LogP contribution in [0, 0.1) is 5.92 Å². The van der Waals surface area contributed by atoms with Crippen molar-refractivity contribution >= 4 is 11.6 Å². The zero-order valence-electron chi connectivity index (χ0n) is 14.2. The molecule has 1 atom stereocenters. The molecule has 0 aliphatic rings. The van der Waals surface area contributed by atoms with Crippen LogP contribution in [0.2, 0.25) is 0 Å². The van der Waals surface area contributed by atoms with Gasteiger partial charge in [0.25, 0.3) is 0 Å². The Balaban J connectivity index is 2.32. The molecule has 3 nitrogen and oxygen atoms in total. The van der Waals surface area contributed by atoms with Gasteiger partial charge >= 0.3 is 0 Å². The summed E-state index contributed by atoms with van der Waals surface area (Å²) in [4.78, 5) is 14.8. The van der Waals surface area contributed by atoms with E-state index in [1.165, 1.54) is 0 Å². The van der Waals surface area contributed by atoms with Gasteiger partial charge in [0.15, 0.2) is 0 Å². The van der Waals surface area contributed by atoms with Crippen LogP contribution >= 0.6 is 0 Å². The highest BCUT2D eigenvalue weighted by Crippen LogP contribution is 2.25. The molecule has 23 heavy (non-hydrogen) atoms. The number of hydrogen-bond acceptors (Lipinski definition) is 2. The Kier molecular flexibility index (Phi) is 6.21. The molecule has 1 amide bonds. The second-order valence-electron chi connectivity index (χ2n) is 5.76. The Morgan fingerprint density at radius 3 is 2.39 bits per heavy atom. The molecule has 0 saturated heterocycles. The van der Waals surface area contributed by atoms with Crippen LogP contribution in [0.25, 0.3) is 0 Å². The quantitative estimate of drug-likeness (QED) is 0.744. The number of carbonyl (C=O) groups is 1. The van der Waals surface area contributed by atoms with Gasteiger partial charge in [0.2, 0.25) is 5.91 Å². The molecule has 2 aromatic carbocycles. The first-order chi connectivity index (χ1) is 11.2. The van der Waals surface area contributed by atoms with E-state index < -0.39 is 0 Å². The lowest BCUT2D eigenvalue weighted by Gasteiger charge is -2.26. The number of amides is 1. The van der Waals surface area contributed by atoms with Crippen molar-refractivity contribution in [1.29, 1.82) is 0 Å². The average Bonchev–Trinajstić information content (AvgIpc) is 2.60. The lowest BCUT2D eigenvalue weighted by atomic mass is 10.0. The van der Waals surface area contributed by atoms with Crippen LogP contribution in [-0.4, -0.2) is 13.0 Å². The predicted molar refractivity (Wildman–Crippen MR) is 94.7 cm³/mol. The zero-order chi connectivity index (χ0) is 16.7. The third kappa shape index (κ3) is 4.35. The summed E-state index contributed by atoms with van der Waals surface area (Å²) in [7, 11) is 1.66. The minimum absolute atomic E-state index is 0.00918. The van der Waals surface area contributed by atoms with Crippen molar-refractivity contribution in [2.45, 2.75) is 33.2 Å². The number of para-hydroxylation sites is 2. The highest BCUT2D eigenvalue weighted by molar-refractivity contribution is 5.94. The van der Waals surface area contributed by atoms with Crippen molar-refractivity contribution in [2.24, 2.45) is 5.92 Å². The molecular weight excluding hydrogens is 286 g/mol. The summed E-state index contributed by atoms with van der Waals surface area (Å²) in [5.74, 6) is 0.975. The minimum atomic E-state index is 0.00918. The van der Waals surface area contributed by atoms with E-state index in [0.29, 0.717) is 6.54 Å². The number of anilines is 1. The normalized spacial score (nSPS) is 11.8. The Morgan fingerprint density at radius 2 is 1.74 bits per heavy atom. The van der Waals surface area contributed by atoms with Gasteiger partial charge < -0.3 is 9.64 Å². The molecule has 2 aromatic rings. The maximum Gasteiger partial charge on any atom is 0.230 e. The number of benzene rings is 2. The summed E-state index contributed by atoms with van der Waals surface area (Å²) in [6.07, 6.45) is 1.90. The summed E-state index contributed by atoms with van der Waals surface area (Å²) in [5, 5.41) is 0. The molecular formula is C20H25NO2. The number of rotatable bonds is 7. The molecule has 0 radical (unpaired) electrons. The molecule has 0 saturated carbocycles. The number of nitrogens with zero attached hydrogens (tertiary/aromatic N) is 1. The van der Waals surface area contributed by atoms with Crippen molar-refractivity contribution in [2.75, 3.05) is 12.0 Å². The van der Waals surface area contributed by atoms with Crippen LogP contribution in [0.1, 0.15) is 32.3 Å². The van der Waals surface area contributed by atoms with Crippen molar-refractivity contribution < 1.29 is 9.53 Å². The molecule has 0 aliphatic heterocycles. The maximum absolute atomic E-state index is 12.9. The van der Waals surface area contributed by atoms with Crippen LogP contribution in [0.15, 0.2) is 54.6 Å². The zero-order valence-corrected chi connectivity index (χ0v) is 14.2. The third-order valence-corrected chi connectivity index (χ3v) is 4.00. The molecule has 0 heterocycles. The lowest BCUT2D eigenvalue weighted by molar-refractivity contribution is -0.122. The molecule has 0 spiro atoms. The molecule has 1 unspecified atom stereocenters. The van der Waals surface area contributed by atoms with Gasteiger partial charge in [-0.3, -0.25) is 4.79 Å². The molecule has 0 aliphatic carbocycles. The molecule has 122 valence electrons. The highest BCUT2D eigenvalue weighted by Gasteiger charge is 2.22. The summed E-state index contributed by atoms with van der Waals surface area (Å²) in [5.41, 5.74) is 1.93.